The molecule has 0 radical (unpaired) electrons. The van der Waals surface area contributed by atoms with Crippen LogP contribution in [0.4, 0.5) is 17.1 Å². The summed E-state index contributed by atoms with van der Waals surface area (Å²) in [6.07, 6.45) is 0.730. The van der Waals surface area contributed by atoms with Crippen molar-refractivity contribution in [1.29, 1.82) is 0 Å². The minimum Gasteiger partial charge on any atom is -0.611 e. The predicted octanol–water partition coefficient (Wildman–Crippen LogP) is 4.89. The maximum atomic E-state index is 13.2. The highest BCUT2D eigenvalue weighted by Crippen LogP contribution is 2.33. The van der Waals surface area contributed by atoms with E-state index in [4.69, 9.17) is 0 Å². The number of hydrogen-bond donors (Lipinski definition) is 3. The van der Waals surface area contributed by atoms with Gasteiger partial charge in [-0.05, 0) is 65.3 Å². The Bertz CT molecular complexity index is 1640. The summed E-state index contributed by atoms with van der Waals surface area (Å²) in [5.41, 5.74) is 2.50. The Morgan fingerprint density at radius 2 is 1.26 bits per heavy atom. The fraction of sp³-hybridized carbons (Fsp3) is 0.257. The molecule has 248 valence electrons. The third-order valence-electron chi connectivity index (χ3n) is 7.13. The molecule has 0 spiro atoms. The number of hydrazine groups is 1. The summed E-state index contributed by atoms with van der Waals surface area (Å²) < 4.78 is 37.0. The zero-order valence-corrected chi connectivity index (χ0v) is 28.2. The lowest BCUT2D eigenvalue weighted by Gasteiger charge is -2.27. The maximum absolute atomic E-state index is 13.2. The van der Waals surface area contributed by atoms with Gasteiger partial charge in [0.15, 0.2) is 4.90 Å². The molecule has 0 saturated carbocycles. The topological polar surface area (TPSA) is 142 Å². The van der Waals surface area contributed by atoms with E-state index in [1.807, 2.05) is 68.4 Å². The van der Waals surface area contributed by atoms with Crippen LogP contribution in [0.2, 0.25) is 0 Å². The molecule has 10 nitrogen and oxygen atoms in total. The summed E-state index contributed by atoms with van der Waals surface area (Å²) >= 11 is -1.26. The Morgan fingerprint density at radius 3 is 1.70 bits per heavy atom. The molecule has 0 aromatic heterocycles. The fourth-order valence-corrected chi connectivity index (χ4v) is 6.55. The Labute approximate surface area is 279 Å². The molecule has 12 heteroatoms. The van der Waals surface area contributed by atoms with E-state index >= 15 is 0 Å². The lowest BCUT2D eigenvalue weighted by atomic mass is 10.1. The van der Waals surface area contributed by atoms with Gasteiger partial charge in [0.2, 0.25) is 10.0 Å². The summed E-state index contributed by atoms with van der Waals surface area (Å²) in [5, 5.41) is 15.9. The number of hydrogen-bond acceptors (Lipinski definition) is 7. The van der Waals surface area contributed by atoms with Crippen molar-refractivity contribution in [2.75, 3.05) is 33.3 Å². The molecule has 1 saturated heterocycles. The van der Waals surface area contributed by atoms with Gasteiger partial charge in [0.05, 0.1) is 23.7 Å². The average Bonchev–Trinajstić information content (AvgIpc) is 3.32. The van der Waals surface area contributed by atoms with Gasteiger partial charge in [-0.2, -0.15) is 0 Å². The number of carbonyl (C=O) groups excluding carboxylic acids is 2. The molecule has 2 atom stereocenters. The second kappa shape index (κ2) is 16.6. The van der Waals surface area contributed by atoms with Crippen LogP contribution in [0.25, 0.3) is 0 Å². The van der Waals surface area contributed by atoms with Crippen LogP contribution in [0.3, 0.4) is 0 Å². The Hall–Kier alpha value is -4.20. The molecule has 1 heterocycles. The summed E-state index contributed by atoms with van der Waals surface area (Å²) in [5.74, 6) is -1.20. The van der Waals surface area contributed by atoms with E-state index < -0.39 is 33.2 Å². The van der Waals surface area contributed by atoms with E-state index in [1.54, 1.807) is 60.7 Å². The van der Waals surface area contributed by atoms with E-state index in [1.165, 1.54) is 10.0 Å². The Morgan fingerprint density at radius 1 is 0.787 bits per heavy atom. The first-order valence-corrected chi connectivity index (χ1v) is 18.4. The highest BCUT2D eigenvalue weighted by molar-refractivity contribution is 7.92. The summed E-state index contributed by atoms with van der Waals surface area (Å²) in [6.45, 7) is 4.48. The van der Waals surface area contributed by atoms with E-state index in [9.17, 15) is 27.7 Å². The fourth-order valence-electron chi connectivity index (χ4n) is 4.84. The van der Waals surface area contributed by atoms with Crippen molar-refractivity contribution in [3.63, 3.8) is 0 Å². The van der Waals surface area contributed by atoms with Gasteiger partial charge in [-0.3, -0.25) is 14.3 Å². The van der Waals surface area contributed by atoms with E-state index in [2.05, 4.69) is 10.0 Å². The lowest BCUT2D eigenvalue weighted by Crippen LogP contribution is -2.41. The molecule has 5 rings (SSSR count). The first-order chi connectivity index (χ1) is 22.4. The van der Waals surface area contributed by atoms with Crippen LogP contribution in [0.5, 0.6) is 0 Å². The number of amides is 2. The monoisotopic (exact) mass is 676 g/mol. The van der Waals surface area contributed by atoms with Crippen LogP contribution in [0.15, 0.2) is 120 Å². The SMILES string of the molecule is CC(C)NCC(O)c1ccc(NS(C)(=O)=O)cc1.O=C1C(CC[S+]([O-])c2ccccc2)C(=O)N(c2ccccc2)N1c1ccccc1. The molecule has 0 bridgehead atoms. The van der Waals surface area contributed by atoms with Crippen LogP contribution in [-0.4, -0.2) is 54.5 Å². The second-order valence-electron chi connectivity index (χ2n) is 11.3. The minimum absolute atomic E-state index is 0.228. The van der Waals surface area contributed by atoms with Gasteiger partial charge in [0, 0.05) is 24.7 Å². The minimum atomic E-state index is -3.26. The number of nitrogens with zero attached hydrogens (tertiary/aromatic N) is 2. The van der Waals surface area contributed by atoms with Crippen molar-refractivity contribution in [3.05, 3.63) is 121 Å². The molecule has 0 aliphatic carbocycles. The molecule has 47 heavy (non-hydrogen) atoms. The van der Waals surface area contributed by atoms with Gasteiger partial charge < -0.3 is 15.0 Å². The number of carbonyl (C=O) groups is 2. The maximum Gasteiger partial charge on any atom is 0.259 e. The average molecular weight is 677 g/mol. The number of sulfonamides is 1. The standard InChI is InChI=1S/C23H20N2O3S.C12H20N2O3S/c26-22-21(16-17-29(28)20-14-8-3-9-15-20)23(27)25(19-12-6-2-7-13-19)24(22)18-10-4-1-5-11-18;1-9(2)13-8-12(15)10-4-6-11(7-5-10)14-18(3,16)17/h1-15,21H,16-17H2;4-7,9,12-15H,8H2,1-3H3. The van der Waals surface area contributed by atoms with Gasteiger partial charge >= 0.3 is 0 Å². The Balaban J connectivity index is 0.000000240. The van der Waals surface area contributed by atoms with E-state index in [-0.39, 0.29) is 24.0 Å². The second-order valence-corrected chi connectivity index (χ2v) is 14.6. The first kappa shape index (κ1) is 35.7. The quantitative estimate of drug-likeness (QED) is 0.143. The number of para-hydroxylation sites is 2. The highest BCUT2D eigenvalue weighted by Gasteiger charge is 2.47. The van der Waals surface area contributed by atoms with Gasteiger partial charge in [-0.15, -0.1) is 0 Å². The zero-order valence-electron chi connectivity index (χ0n) is 26.5. The van der Waals surface area contributed by atoms with Crippen molar-refractivity contribution < 1.29 is 27.7 Å². The van der Waals surface area contributed by atoms with Gasteiger partial charge in [0.1, 0.15) is 11.7 Å². The molecule has 3 N–H and O–H groups in total. The molecule has 1 aliphatic rings. The van der Waals surface area contributed by atoms with Crippen LogP contribution >= 0.6 is 0 Å². The van der Waals surface area contributed by atoms with Crippen molar-refractivity contribution in [2.45, 2.75) is 37.3 Å². The van der Waals surface area contributed by atoms with Crippen LogP contribution < -0.4 is 20.1 Å². The predicted molar refractivity (Wildman–Crippen MR) is 187 cm³/mol. The first-order valence-electron chi connectivity index (χ1n) is 15.1. The Kier molecular flexibility index (Phi) is 12.6. The van der Waals surface area contributed by atoms with E-state index in [0.717, 1.165) is 11.8 Å². The van der Waals surface area contributed by atoms with Crippen molar-refractivity contribution in [3.8, 4) is 0 Å². The molecule has 1 fully saturated rings. The molecule has 4 aromatic rings. The largest absolute Gasteiger partial charge is 0.611 e. The van der Waals surface area contributed by atoms with Crippen molar-refractivity contribution in [2.24, 2.45) is 5.92 Å². The smallest absolute Gasteiger partial charge is 0.259 e. The number of aliphatic hydroxyl groups is 1. The molecule has 2 unspecified atom stereocenters. The van der Waals surface area contributed by atoms with Crippen LogP contribution in [-0.2, 0) is 30.8 Å². The number of nitrogens with one attached hydrogen (secondary N) is 2. The van der Waals surface area contributed by atoms with E-state index in [0.29, 0.717) is 34.5 Å². The molecular weight excluding hydrogens is 637 g/mol. The molecule has 2 amide bonds. The van der Waals surface area contributed by atoms with Gasteiger partial charge in [-0.25, -0.2) is 18.4 Å². The van der Waals surface area contributed by atoms with Crippen molar-refractivity contribution >= 4 is 50.1 Å². The zero-order chi connectivity index (χ0) is 34.0. The normalized spacial score (nSPS) is 14.9. The summed E-state index contributed by atoms with van der Waals surface area (Å²) in [6, 6.07) is 34.3. The van der Waals surface area contributed by atoms with Gasteiger partial charge in [0.25, 0.3) is 11.8 Å². The molecular formula is C35H40N4O6S2. The van der Waals surface area contributed by atoms with Crippen LogP contribution in [0, 0.1) is 5.92 Å². The summed E-state index contributed by atoms with van der Waals surface area (Å²) in [7, 11) is -3.26. The number of aliphatic hydroxyl groups excluding tert-OH is 1. The third-order valence-corrected chi connectivity index (χ3v) is 9.14. The number of rotatable bonds is 12. The van der Waals surface area contributed by atoms with Crippen molar-refractivity contribution in [1.82, 2.24) is 5.32 Å². The number of anilines is 3. The summed E-state index contributed by atoms with van der Waals surface area (Å²) in [4.78, 5) is 27.1. The van der Waals surface area contributed by atoms with Crippen LogP contribution in [0.1, 0.15) is 31.9 Å². The number of benzene rings is 4. The third kappa shape index (κ3) is 10.1. The highest BCUT2D eigenvalue weighted by atomic mass is 32.2. The molecule has 1 aliphatic heterocycles. The lowest BCUT2D eigenvalue weighted by molar-refractivity contribution is -0.127. The van der Waals surface area contributed by atoms with Gasteiger partial charge in [-0.1, -0.05) is 80.6 Å². The molecule has 4 aromatic carbocycles.